The van der Waals surface area contributed by atoms with Crippen LogP contribution in [-0.2, 0) is 11.2 Å². The van der Waals surface area contributed by atoms with Gasteiger partial charge in [0.1, 0.15) is 0 Å². The molecule has 1 amide bonds. The van der Waals surface area contributed by atoms with E-state index in [2.05, 4.69) is 23.6 Å². The molecule has 0 bridgehead atoms. The van der Waals surface area contributed by atoms with Crippen molar-refractivity contribution in [2.45, 2.75) is 19.4 Å². The molecule has 30 heavy (non-hydrogen) atoms. The first-order chi connectivity index (χ1) is 14.6. The third-order valence-corrected chi connectivity index (χ3v) is 6.32. The van der Waals surface area contributed by atoms with Crippen molar-refractivity contribution in [1.29, 1.82) is 0 Å². The molecular weight excluding hydrogens is 398 g/mol. The van der Waals surface area contributed by atoms with Gasteiger partial charge in [-0.15, -0.1) is 11.3 Å². The first kappa shape index (κ1) is 20.2. The molecular formula is C24H23NO4S. The molecule has 1 unspecified atom stereocenters. The van der Waals surface area contributed by atoms with E-state index in [0.29, 0.717) is 23.6 Å². The van der Waals surface area contributed by atoms with Crippen LogP contribution in [0.1, 0.15) is 39.3 Å². The number of methoxy groups -OCH3 is 1. The summed E-state index contributed by atoms with van der Waals surface area (Å²) in [6.45, 7) is 2.05. The predicted octanol–water partition coefficient (Wildman–Crippen LogP) is 4.51. The van der Waals surface area contributed by atoms with Crippen LogP contribution in [0.15, 0.2) is 60.0 Å². The zero-order valence-electron chi connectivity index (χ0n) is 17.0. The highest BCUT2D eigenvalue weighted by Crippen LogP contribution is 2.38. The fraction of sp³-hybridized carbons (Fsp3) is 0.250. The van der Waals surface area contributed by atoms with Gasteiger partial charge in [0.25, 0.3) is 5.91 Å². The van der Waals surface area contributed by atoms with Crippen molar-refractivity contribution >= 4 is 23.0 Å². The molecule has 154 valence electrons. The van der Waals surface area contributed by atoms with E-state index in [4.69, 9.17) is 9.47 Å². The topological polar surface area (TPSA) is 55.8 Å². The lowest BCUT2D eigenvalue weighted by atomic mass is 9.93. The van der Waals surface area contributed by atoms with Crippen LogP contribution in [0.4, 0.5) is 0 Å². The summed E-state index contributed by atoms with van der Waals surface area (Å²) < 4.78 is 11.1. The van der Waals surface area contributed by atoms with Gasteiger partial charge in [0.15, 0.2) is 23.9 Å². The zero-order chi connectivity index (χ0) is 21.1. The van der Waals surface area contributed by atoms with Gasteiger partial charge in [-0.3, -0.25) is 9.59 Å². The van der Waals surface area contributed by atoms with E-state index in [1.54, 1.807) is 29.5 Å². The molecule has 0 saturated carbocycles. The molecule has 0 saturated heterocycles. The van der Waals surface area contributed by atoms with Crippen LogP contribution in [0.25, 0.3) is 0 Å². The van der Waals surface area contributed by atoms with Crippen LogP contribution >= 0.6 is 11.3 Å². The maximum Gasteiger partial charge on any atom is 0.261 e. The molecule has 0 spiro atoms. The van der Waals surface area contributed by atoms with Gasteiger partial charge in [0, 0.05) is 17.0 Å². The molecule has 0 aliphatic carbocycles. The molecule has 1 aliphatic heterocycles. The lowest BCUT2D eigenvalue weighted by Gasteiger charge is -2.36. The van der Waals surface area contributed by atoms with Crippen LogP contribution in [-0.4, -0.2) is 36.9 Å². The van der Waals surface area contributed by atoms with Crippen molar-refractivity contribution in [3.8, 4) is 11.5 Å². The molecule has 1 aliphatic rings. The van der Waals surface area contributed by atoms with E-state index in [1.165, 1.54) is 24.5 Å². The Hall–Kier alpha value is -3.12. The van der Waals surface area contributed by atoms with Gasteiger partial charge in [0.05, 0.1) is 13.2 Å². The van der Waals surface area contributed by atoms with Crippen LogP contribution in [0.3, 0.4) is 0 Å². The Bertz CT molecular complexity index is 1060. The van der Waals surface area contributed by atoms with E-state index in [9.17, 15) is 9.59 Å². The van der Waals surface area contributed by atoms with Gasteiger partial charge in [-0.25, -0.2) is 0 Å². The SMILES string of the molecule is COc1cc(C(C)=O)ccc1OCC(=O)N1CCc2sccc2C1c1ccccc1. The number of amides is 1. The lowest BCUT2D eigenvalue weighted by molar-refractivity contribution is -0.135. The van der Waals surface area contributed by atoms with E-state index >= 15 is 0 Å². The van der Waals surface area contributed by atoms with Gasteiger partial charge < -0.3 is 14.4 Å². The van der Waals surface area contributed by atoms with E-state index < -0.39 is 0 Å². The highest BCUT2D eigenvalue weighted by atomic mass is 32.1. The van der Waals surface area contributed by atoms with Gasteiger partial charge in [-0.05, 0) is 54.1 Å². The predicted molar refractivity (Wildman–Crippen MR) is 117 cm³/mol. The second kappa shape index (κ2) is 8.71. The maximum absolute atomic E-state index is 13.2. The molecule has 2 heterocycles. The molecule has 1 aromatic heterocycles. The summed E-state index contributed by atoms with van der Waals surface area (Å²) in [4.78, 5) is 28.0. The number of ether oxygens (including phenoxy) is 2. The molecule has 5 nitrogen and oxygen atoms in total. The molecule has 0 radical (unpaired) electrons. The van der Waals surface area contributed by atoms with Crippen molar-refractivity contribution in [1.82, 2.24) is 4.90 Å². The minimum Gasteiger partial charge on any atom is -0.493 e. The summed E-state index contributed by atoms with van der Waals surface area (Å²) >= 11 is 1.74. The average Bonchev–Trinajstić information content (AvgIpc) is 3.26. The Labute approximate surface area is 179 Å². The fourth-order valence-electron chi connectivity index (χ4n) is 3.81. The number of nitrogens with zero attached hydrogens (tertiary/aromatic N) is 1. The minimum atomic E-state index is -0.112. The van der Waals surface area contributed by atoms with Gasteiger partial charge in [-0.1, -0.05) is 30.3 Å². The number of carbonyl (C=O) groups excluding carboxylic acids is 2. The number of hydrogen-bond acceptors (Lipinski definition) is 5. The first-order valence-corrected chi connectivity index (χ1v) is 10.7. The number of carbonyl (C=O) groups is 2. The zero-order valence-corrected chi connectivity index (χ0v) is 17.8. The molecule has 4 rings (SSSR count). The molecule has 6 heteroatoms. The average molecular weight is 422 g/mol. The Kier molecular flexibility index (Phi) is 5.86. The van der Waals surface area contributed by atoms with Crippen molar-refractivity contribution in [2.75, 3.05) is 20.3 Å². The summed E-state index contributed by atoms with van der Waals surface area (Å²) in [6.07, 6.45) is 0.846. The van der Waals surface area contributed by atoms with Crippen LogP contribution < -0.4 is 9.47 Å². The van der Waals surface area contributed by atoms with Crippen molar-refractivity contribution in [3.63, 3.8) is 0 Å². The van der Waals surface area contributed by atoms with Gasteiger partial charge >= 0.3 is 0 Å². The highest BCUT2D eigenvalue weighted by Gasteiger charge is 2.32. The standard InChI is InChI=1S/C24H23NO4S/c1-16(26)18-8-9-20(21(14-18)28-2)29-15-23(27)25-12-10-22-19(11-13-30-22)24(25)17-6-4-3-5-7-17/h3-9,11,13-14,24H,10,12,15H2,1-2H3. The highest BCUT2D eigenvalue weighted by molar-refractivity contribution is 7.10. The number of benzene rings is 2. The van der Waals surface area contributed by atoms with E-state index in [-0.39, 0.29) is 24.3 Å². The minimum absolute atomic E-state index is 0.0542. The van der Waals surface area contributed by atoms with Crippen molar-refractivity contribution in [2.24, 2.45) is 0 Å². The number of fused-ring (bicyclic) bond motifs is 1. The summed E-state index contributed by atoms with van der Waals surface area (Å²) in [6, 6.07) is 17.1. The lowest BCUT2D eigenvalue weighted by Crippen LogP contribution is -2.42. The Morgan fingerprint density at radius 3 is 2.63 bits per heavy atom. The quantitative estimate of drug-likeness (QED) is 0.550. The molecule has 0 fully saturated rings. The molecule has 2 aromatic carbocycles. The Balaban J connectivity index is 1.55. The van der Waals surface area contributed by atoms with E-state index in [1.807, 2.05) is 23.1 Å². The van der Waals surface area contributed by atoms with Crippen molar-refractivity contribution in [3.05, 3.63) is 81.5 Å². The molecule has 0 N–H and O–H groups in total. The summed E-state index contributed by atoms with van der Waals surface area (Å²) in [7, 11) is 1.52. The number of ketones is 1. The Morgan fingerprint density at radius 1 is 1.10 bits per heavy atom. The third kappa shape index (κ3) is 3.96. The number of thiophene rings is 1. The van der Waals surface area contributed by atoms with Crippen LogP contribution in [0, 0.1) is 0 Å². The number of hydrogen-bond donors (Lipinski definition) is 0. The largest absolute Gasteiger partial charge is 0.493 e. The van der Waals surface area contributed by atoms with Crippen LogP contribution in [0.2, 0.25) is 0 Å². The summed E-state index contributed by atoms with van der Waals surface area (Å²) in [5.41, 5.74) is 2.82. The molecule has 1 atom stereocenters. The van der Waals surface area contributed by atoms with Crippen molar-refractivity contribution < 1.29 is 19.1 Å². The Morgan fingerprint density at radius 2 is 1.90 bits per heavy atom. The monoisotopic (exact) mass is 421 g/mol. The van der Waals surface area contributed by atoms with Gasteiger partial charge in [0.2, 0.25) is 0 Å². The van der Waals surface area contributed by atoms with E-state index in [0.717, 1.165) is 12.0 Å². The van der Waals surface area contributed by atoms with Gasteiger partial charge in [-0.2, -0.15) is 0 Å². The first-order valence-electron chi connectivity index (χ1n) is 9.81. The molecule has 3 aromatic rings. The summed E-state index contributed by atoms with van der Waals surface area (Å²) in [5.74, 6) is 0.745. The normalized spacial score (nSPS) is 15.4. The maximum atomic E-state index is 13.2. The number of rotatable bonds is 6. The summed E-state index contributed by atoms with van der Waals surface area (Å²) in [5, 5.41) is 2.09. The second-order valence-corrected chi connectivity index (χ2v) is 8.16. The smallest absolute Gasteiger partial charge is 0.261 e. The number of Topliss-reactive ketones (excluding diaryl/α,β-unsaturated/α-hetero) is 1. The van der Waals surface area contributed by atoms with Crippen LogP contribution in [0.5, 0.6) is 11.5 Å². The third-order valence-electron chi connectivity index (χ3n) is 5.32. The second-order valence-electron chi connectivity index (χ2n) is 7.16. The fourth-order valence-corrected chi connectivity index (χ4v) is 4.71.